The third-order valence-corrected chi connectivity index (χ3v) is 7.38. The molecule has 2 aromatic carbocycles. The molecule has 3 N–H and O–H groups in total. The first kappa shape index (κ1) is 28.9. The molecule has 0 radical (unpaired) electrons. The number of thioether (sulfide) groups is 1. The molecule has 1 aromatic heterocycles. The fourth-order valence-corrected chi connectivity index (χ4v) is 5.15. The van der Waals surface area contributed by atoms with E-state index in [0.29, 0.717) is 16.4 Å². The number of allylic oxidation sites excluding steroid dienone is 2. The quantitative estimate of drug-likeness (QED) is 0.276. The number of aryl methyl sites for hydroxylation is 1. The van der Waals surface area contributed by atoms with E-state index in [1.165, 1.54) is 6.26 Å². The van der Waals surface area contributed by atoms with Crippen LogP contribution in [0.4, 0.5) is 24.5 Å². The molecule has 3 aromatic rings. The normalized spacial score (nSPS) is 15.4. The van der Waals surface area contributed by atoms with E-state index in [-0.39, 0.29) is 39.3 Å². The van der Waals surface area contributed by atoms with Gasteiger partial charge in [-0.1, -0.05) is 41.6 Å². The van der Waals surface area contributed by atoms with Crippen LogP contribution in [0.1, 0.15) is 29.7 Å². The molecular weight excluding hydrogens is 565 g/mol. The van der Waals surface area contributed by atoms with Gasteiger partial charge < -0.3 is 20.4 Å². The summed E-state index contributed by atoms with van der Waals surface area (Å²) in [6.07, 6.45) is -3.26. The molecule has 0 bridgehead atoms. The number of furan rings is 1. The summed E-state index contributed by atoms with van der Waals surface area (Å²) in [6.45, 7) is 3.45. The number of hydrogen-bond acceptors (Lipinski definition) is 6. The van der Waals surface area contributed by atoms with Crippen molar-refractivity contribution in [1.29, 1.82) is 5.26 Å². The second kappa shape index (κ2) is 11.9. The summed E-state index contributed by atoms with van der Waals surface area (Å²) >= 11 is 7.16. The van der Waals surface area contributed by atoms with Gasteiger partial charge in [-0.2, -0.15) is 18.4 Å². The molecule has 206 valence electrons. The van der Waals surface area contributed by atoms with Crippen LogP contribution < -0.4 is 16.0 Å². The van der Waals surface area contributed by atoms with E-state index in [9.17, 15) is 28.0 Å². The topological polar surface area (TPSA) is 107 Å². The summed E-state index contributed by atoms with van der Waals surface area (Å²) in [6, 6.07) is 15.2. The molecule has 1 aliphatic rings. The van der Waals surface area contributed by atoms with Gasteiger partial charge in [0.15, 0.2) is 0 Å². The lowest BCUT2D eigenvalue weighted by atomic mass is 9.85. The molecule has 0 unspecified atom stereocenters. The minimum Gasteiger partial charge on any atom is -0.468 e. The Morgan fingerprint density at radius 2 is 1.85 bits per heavy atom. The maximum absolute atomic E-state index is 13.5. The predicted octanol–water partition coefficient (Wildman–Crippen LogP) is 6.97. The summed E-state index contributed by atoms with van der Waals surface area (Å²) in [5.41, 5.74) is 0.807. The van der Waals surface area contributed by atoms with Crippen LogP contribution in [0.15, 0.2) is 87.1 Å². The number of amides is 2. The summed E-state index contributed by atoms with van der Waals surface area (Å²) in [4.78, 5) is 26.1. The number of anilines is 2. The molecule has 40 heavy (non-hydrogen) atoms. The Hall–Kier alpha value is -4.14. The molecule has 2 amide bonds. The van der Waals surface area contributed by atoms with Crippen molar-refractivity contribution in [3.05, 3.63) is 105 Å². The van der Waals surface area contributed by atoms with Gasteiger partial charge in [0, 0.05) is 11.4 Å². The molecular formula is C28H22ClF3N4O3S. The lowest BCUT2D eigenvalue weighted by Crippen LogP contribution is -2.31. The number of carbonyl (C=O) groups is 2. The Balaban J connectivity index is 1.62. The van der Waals surface area contributed by atoms with Crippen LogP contribution in [0, 0.1) is 18.3 Å². The molecule has 2 heterocycles. The van der Waals surface area contributed by atoms with Crippen molar-refractivity contribution in [2.45, 2.75) is 25.9 Å². The second-order valence-corrected chi connectivity index (χ2v) is 10.2. The molecule has 1 atom stereocenters. The summed E-state index contributed by atoms with van der Waals surface area (Å²) in [5.74, 6) is -1.85. The first-order chi connectivity index (χ1) is 19.0. The highest BCUT2D eigenvalue weighted by molar-refractivity contribution is 8.03. The Bertz CT molecular complexity index is 1560. The Morgan fingerprint density at radius 3 is 2.50 bits per heavy atom. The second-order valence-electron chi connectivity index (χ2n) is 8.76. The Kier molecular flexibility index (Phi) is 8.61. The zero-order chi connectivity index (χ0) is 29.0. The number of carbonyl (C=O) groups excluding carboxylic acids is 2. The lowest BCUT2D eigenvalue weighted by molar-refractivity contribution is -0.137. The first-order valence-corrected chi connectivity index (χ1v) is 13.2. The third kappa shape index (κ3) is 6.35. The van der Waals surface area contributed by atoms with Crippen molar-refractivity contribution >= 4 is 46.6 Å². The van der Waals surface area contributed by atoms with E-state index in [4.69, 9.17) is 16.0 Å². The van der Waals surface area contributed by atoms with Crippen molar-refractivity contribution in [1.82, 2.24) is 5.32 Å². The lowest BCUT2D eigenvalue weighted by Gasteiger charge is -2.28. The molecule has 12 heteroatoms. The summed E-state index contributed by atoms with van der Waals surface area (Å²) in [5, 5.41) is 18.6. The number of benzene rings is 2. The van der Waals surface area contributed by atoms with Gasteiger partial charge >= 0.3 is 6.18 Å². The van der Waals surface area contributed by atoms with Crippen LogP contribution in [0.3, 0.4) is 0 Å². The van der Waals surface area contributed by atoms with Gasteiger partial charge in [0.1, 0.15) is 5.76 Å². The van der Waals surface area contributed by atoms with Crippen LogP contribution in [0.2, 0.25) is 5.02 Å². The molecule has 0 spiro atoms. The largest absolute Gasteiger partial charge is 0.468 e. The molecule has 1 aliphatic heterocycles. The van der Waals surface area contributed by atoms with E-state index in [1.807, 2.05) is 19.1 Å². The number of hydrogen-bond donors (Lipinski definition) is 3. The average Bonchev–Trinajstić information content (AvgIpc) is 3.43. The molecule has 0 aliphatic carbocycles. The van der Waals surface area contributed by atoms with Crippen molar-refractivity contribution in [2.24, 2.45) is 0 Å². The minimum absolute atomic E-state index is 0.0403. The van der Waals surface area contributed by atoms with Gasteiger partial charge in [0.25, 0.3) is 5.91 Å². The highest BCUT2D eigenvalue weighted by Crippen LogP contribution is 2.42. The molecule has 0 saturated carbocycles. The van der Waals surface area contributed by atoms with Crippen molar-refractivity contribution in [3.63, 3.8) is 0 Å². The molecule has 4 rings (SSSR count). The minimum atomic E-state index is -4.64. The maximum atomic E-state index is 13.5. The van der Waals surface area contributed by atoms with E-state index in [1.54, 1.807) is 31.2 Å². The van der Waals surface area contributed by atoms with Crippen LogP contribution in [-0.2, 0) is 15.8 Å². The van der Waals surface area contributed by atoms with Gasteiger partial charge in [-0.05, 0) is 55.8 Å². The maximum Gasteiger partial charge on any atom is 0.416 e. The van der Waals surface area contributed by atoms with Crippen LogP contribution in [0.25, 0.3) is 0 Å². The number of rotatable bonds is 7. The number of para-hydroxylation sites is 1. The zero-order valence-electron chi connectivity index (χ0n) is 21.2. The SMILES string of the molecule is CC1=C(C(=O)Nc2cc(C(F)(F)F)ccc2Cl)[C@@H](c2ccco2)C(C#N)=C(SCC(=O)Nc2ccccc2C)N1. The number of nitriles is 1. The molecule has 7 nitrogen and oxygen atoms in total. The number of dihydropyridines is 1. The number of nitrogens with zero attached hydrogens (tertiary/aromatic N) is 1. The van der Waals surface area contributed by atoms with Crippen LogP contribution in [-0.4, -0.2) is 17.6 Å². The van der Waals surface area contributed by atoms with Crippen molar-refractivity contribution in [3.8, 4) is 6.07 Å². The first-order valence-electron chi connectivity index (χ1n) is 11.8. The fraction of sp³-hybridized carbons (Fsp3) is 0.179. The van der Waals surface area contributed by atoms with E-state index < -0.39 is 23.6 Å². The van der Waals surface area contributed by atoms with Gasteiger partial charge in [-0.3, -0.25) is 9.59 Å². The highest BCUT2D eigenvalue weighted by atomic mass is 35.5. The van der Waals surface area contributed by atoms with E-state index in [2.05, 4.69) is 22.0 Å². The predicted molar refractivity (Wildman–Crippen MR) is 147 cm³/mol. The summed E-state index contributed by atoms with van der Waals surface area (Å²) in [7, 11) is 0. The molecule has 0 saturated heterocycles. The number of halogens is 4. The van der Waals surface area contributed by atoms with Gasteiger partial charge in [0.2, 0.25) is 5.91 Å². The standard InChI is InChI=1S/C28H22ClF3N4O3S/c1-15-6-3-4-7-20(15)35-23(37)14-40-27-18(13-33)25(22-8-5-11-39-22)24(16(2)34-27)26(38)36-21-12-17(28(30,31)32)9-10-19(21)29/h3-12,25,34H,14H2,1-2H3,(H,35,37)(H,36,38)/t25-/m1/s1. The Morgan fingerprint density at radius 1 is 1.10 bits per heavy atom. The Labute approximate surface area is 237 Å². The number of nitrogens with one attached hydrogen (secondary N) is 3. The van der Waals surface area contributed by atoms with Crippen LogP contribution in [0.5, 0.6) is 0 Å². The fourth-order valence-electron chi connectivity index (χ4n) is 4.09. The molecule has 0 fully saturated rings. The average molecular weight is 587 g/mol. The van der Waals surface area contributed by atoms with E-state index >= 15 is 0 Å². The van der Waals surface area contributed by atoms with Gasteiger partial charge in [0.05, 0.1) is 56.5 Å². The van der Waals surface area contributed by atoms with Crippen LogP contribution >= 0.6 is 23.4 Å². The monoisotopic (exact) mass is 586 g/mol. The van der Waals surface area contributed by atoms with Gasteiger partial charge in [-0.25, -0.2) is 0 Å². The highest BCUT2D eigenvalue weighted by Gasteiger charge is 2.37. The van der Waals surface area contributed by atoms with Crippen molar-refractivity contribution < 1.29 is 27.2 Å². The van der Waals surface area contributed by atoms with Gasteiger partial charge in [-0.15, -0.1) is 0 Å². The zero-order valence-corrected chi connectivity index (χ0v) is 22.7. The third-order valence-electron chi connectivity index (χ3n) is 6.03. The smallest absolute Gasteiger partial charge is 0.416 e. The van der Waals surface area contributed by atoms with Crippen molar-refractivity contribution in [2.75, 3.05) is 16.4 Å². The van der Waals surface area contributed by atoms with E-state index in [0.717, 1.165) is 35.5 Å². The number of alkyl halides is 3. The summed E-state index contributed by atoms with van der Waals surface area (Å²) < 4.78 is 45.3.